The van der Waals surface area contributed by atoms with E-state index in [2.05, 4.69) is 20.4 Å². The van der Waals surface area contributed by atoms with Crippen molar-refractivity contribution >= 4 is 34.2 Å². The number of anilines is 1. The number of hydrogen-bond donors (Lipinski definition) is 2. The Bertz CT molecular complexity index is 2130. The van der Waals surface area contributed by atoms with Crippen LogP contribution in [0, 0.1) is 0 Å². The van der Waals surface area contributed by atoms with Crippen molar-refractivity contribution in [1.29, 1.82) is 0 Å². The number of amides is 3. The van der Waals surface area contributed by atoms with Gasteiger partial charge in [-0.2, -0.15) is 13.2 Å². The van der Waals surface area contributed by atoms with Gasteiger partial charge in [-0.15, -0.1) is 0 Å². The average molecular weight is 722 g/mol. The Morgan fingerprint density at radius 1 is 0.925 bits per heavy atom. The molecule has 0 saturated carbocycles. The lowest BCUT2D eigenvalue weighted by Crippen LogP contribution is -2.46. The minimum Gasteiger partial charge on any atom is -0.457 e. The molecule has 7 rings (SSSR count). The van der Waals surface area contributed by atoms with Crippen LogP contribution in [0.15, 0.2) is 103 Å². The SMILES string of the molecule is C[C@H](NC(=O)c1ccc2c(Oc3ccc(C(F)(F)F)cc3)cccc2c1)c1cccc(CN2CCN(c3ccc(C4CCC(=O)NC4=O)cc3)CC2)n1. The Kier molecular flexibility index (Phi) is 10.1. The van der Waals surface area contributed by atoms with Gasteiger partial charge in [0.15, 0.2) is 0 Å². The number of piperidine rings is 1. The molecule has 2 fully saturated rings. The Morgan fingerprint density at radius 2 is 1.66 bits per heavy atom. The first-order valence-corrected chi connectivity index (χ1v) is 17.6. The largest absolute Gasteiger partial charge is 0.457 e. The molecule has 2 aliphatic rings. The number of fused-ring (bicyclic) bond motifs is 1. The summed E-state index contributed by atoms with van der Waals surface area (Å²) >= 11 is 0. The maximum Gasteiger partial charge on any atom is 0.416 e. The monoisotopic (exact) mass is 721 g/mol. The van der Waals surface area contributed by atoms with Crippen LogP contribution < -0.4 is 20.3 Å². The quantitative estimate of drug-likeness (QED) is 0.153. The molecule has 272 valence electrons. The Labute approximate surface area is 304 Å². The number of piperazine rings is 1. The number of benzene rings is 4. The second-order valence-corrected chi connectivity index (χ2v) is 13.4. The van der Waals surface area contributed by atoms with E-state index < -0.39 is 11.7 Å². The van der Waals surface area contributed by atoms with Crippen LogP contribution >= 0.6 is 0 Å². The zero-order valence-electron chi connectivity index (χ0n) is 29.0. The van der Waals surface area contributed by atoms with E-state index in [1.807, 2.05) is 55.5 Å². The molecule has 3 amide bonds. The van der Waals surface area contributed by atoms with Gasteiger partial charge in [-0.3, -0.25) is 29.6 Å². The summed E-state index contributed by atoms with van der Waals surface area (Å²) in [7, 11) is 0. The molecule has 1 unspecified atom stereocenters. The minimum atomic E-state index is -4.43. The molecule has 4 aromatic carbocycles. The molecule has 0 radical (unpaired) electrons. The van der Waals surface area contributed by atoms with Crippen LogP contribution in [0.2, 0.25) is 0 Å². The molecule has 9 nitrogen and oxygen atoms in total. The van der Waals surface area contributed by atoms with Gasteiger partial charge in [0.25, 0.3) is 5.91 Å². The van der Waals surface area contributed by atoms with Crippen LogP contribution in [0.25, 0.3) is 10.8 Å². The zero-order chi connectivity index (χ0) is 37.1. The highest BCUT2D eigenvalue weighted by Crippen LogP contribution is 2.34. The normalized spacial score (nSPS) is 17.4. The molecule has 53 heavy (non-hydrogen) atoms. The number of aromatic nitrogens is 1. The lowest BCUT2D eigenvalue weighted by Gasteiger charge is -2.36. The number of pyridine rings is 1. The Hall–Kier alpha value is -5.75. The second kappa shape index (κ2) is 15.1. The van der Waals surface area contributed by atoms with E-state index in [4.69, 9.17) is 9.72 Å². The number of halogens is 3. The number of imide groups is 1. The van der Waals surface area contributed by atoms with Crippen LogP contribution in [0.1, 0.15) is 64.6 Å². The van der Waals surface area contributed by atoms with E-state index in [0.717, 1.165) is 71.7 Å². The fourth-order valence-electron chi connectivity index (χ4n) is 6.83. The lowest BCUT2D eigenvalue weighted by atomic mass is 9.90. The van der Waals surface area contributed by atoms with Crippen molar-refractivity contribution in [2.24, 2.45) is 0 Å². The summed E-state index contributed by atoms with van der Waals surface area (Å²) < 4.78 is 44.8. The molecule has 2 atom stereocenters. The van der Waals surface area contributed by atoms with E-state index >= 15 is 0 Å². The molecule has 2 saturated heterocycles. The molecule has 1 aromatic heterocycles. The van der Waals surface area contributed by atoms with Crippen molar-refractivity contribution in [2.45, 2.75) is 44.4 Å². The summed E-state index contributed by atoms with van der Waals surface area (Å²) in [4.78, 5) is 46.7. The van der Waals surface area contributed by atoms with Crippen molar-refractivity contribution in [1.82, 2.24) is 20.5 Å². The van der Waals surface area contributed by atoms with Crippen LogP contribution in [-0.2, 0) is 22.3 Å². The van der Waals surface area contributed by atoms with Gasteiger partial charge < -0.3 is 15.0 Å². The van der Waals surface area contributed by atoms with Crippen molar-refractivity contribution in [3.8, 4) is 11.5 Å². The molecule has 12 heteroatoms. The summed E-state index contributed by atoms with van der Waals surface area (Å²) in [6, 6.07) is 28.6. The number of rotatable bonds is 9. The van der Waals surface area contributed by atoms with Crippen molar-refractivity contribution in [2.75, 3.05) is 31.1 Å². The van der Waals surface area contributed by atoms with Gasteiger partial charge in [-0.05, 0) is 97.1 Å². The summed E-state index contributed by atoms with van der Waals surface area (Å²) in [6.45, 7) is 5.97. The van der Waals surface area contributed by atoms with Gasteiger partial charge >= 0.3 is 6.18 Å². The lowest BCUT2D eigenvalue weighted by molar-refractivity contribution is -0.138. The predicted molar refractivity (Wildman–Crippen MR) is 195 cm³/mol. The molecule has 2 aliphatic heterocycles. The van der Waals surface area contributed by atoms with Crippen molar-refractivity contribution in [3.05, 3.63) is 131 Å². The fourth-order valence-corrected chi connectivity index (χ4v) is 6.83. The predicted octanol–water partition coefficient (Wildman–Crippen LogP) is 7.38. The maximum atomic E-state index is 13.3. The number of carbonyl (C=O) groups excluding carboxylic acids is 3. The zero-order valence-corrected chi connectivity index (χ0v) is 29.0. The highest BCUT2D eigenvalue weighted by atomic mass is 19.4. The van der Waals surface area contributed by atoms with E-state index in [0.29, 0.717) is 30.7 Å². The van der Waals surface area contributed by atoms with Crippen molar-refractivity contribution in [3.63, 3.8) is 0 Å². The van der Waals surface area contributed by atoms with Gasteiger partial charge in [0, 0.05) is 55.8 Å². The molecular weight excluding hydrogens is 683 g/mol. The smallest absolute Gasteiger partial charge is 0.416 e. The van der Waals surface area contributed by atoms with Gasteiger partial charge in [0.2, 0.25) is 11.8 Å². The Morgan fingerprint density at radius 3 is 2.38 bits per heavy atom. The third kappa shape index (κ3) is 8.33. The third-order valence-corrected chi connectivity index (χ3v) is 9.79. The molecular formula is C41H38F3N5O4. The third-order valence-electron chi connectivity index (χ3n) is 9.79. The first kappa shape index (κ1) is 35.6. The number of carbonyl (C=O) groups is 3. The number of alkyl halides is 3. The highest BCUT2D eigenvalue weighted by molar-refractivity contribution is 6.01. The average Bonchev–Trinajstić information content (AvgIpc) is 3.15. The summed E-state index contributed by atoms with van der Waals surface area (Å²) in [5.74, 6) is -0.260. The van der Waals surface area contributed by atoms with E-state index in [1.54, 1.807) is 30.3 Å². The number of nitrogens with one attached hydrogen (secondary N) is 2. The van der Waals surface area contributed by atoms with Crippen molar-refractivity contribution < 1.29 is 32.3 Å². The van der Waals surface area contributed by atoms with Crippen LogP contribution in [-0.4, -0.2) is 53.8 Å². The number of nitrogens with zero attached hydrogens (tertiary/aromatic N) is 3. The highest BCUT2D eigenvalue weighted by Gasteiger charge is 2.30. The summed E-state index contributed by atoms with van der Waals surface area (Å²) in [5.41, 5.74) is 3.39. The standard InChI is InChI=1S/C41H38F3N5O4/c1-26(45-39(51)29-10-17-34-28(24-29)4-2-7-37(34)53-33-15-11-30(12-16-33)41(42,43)44)36-6-3-5-31(46-36)25-48-20-22-49(23-21-48)32-13-8-27(9-14-32)35-18-19-38(50)47-40(35)52/h2-17,24,26,35H,18-23,25H2,1H3,(H,45,51)(H,47,50,52)/t26-,35?/m0/s1. The topological polar surface area (TPSA) is 104 Å². The van der Waals surface area contributed by atoms with Crippen LogP contribution in [0.5, 0.6) is 11.5 Å². The van der Waals surface area contributed by atoms with Crippen LogP contribution in [0.3, 0.4) is 0 Å². The summed E-state index contributed by atoms with van der Waals surface area (Å²) in [6.07, 6.45) is -3.54. The first-order chi connectivity index (χ1) is 25.5. The molecule has 0 spiro atoms. The van der Waals surface area contributed by atoms with Crippen LogP contribution in [0.4, 0.5) is 18.9 Å². The number of ether oxygens (including phenoxy) is 1. The second-order valence-electron chi connectivity index (χ2n) is 13.4. The van der Waals surface area contributed by atoms with Gasteiger partial charge in [0.05, 0.1) is 28.9 Å². The van der Waals surface area contributed by atoms with E-state index in [9.17, 15) is 27.6 Å². The first-order valence-electron chi connectivity index (χ1n) is 17.6. The molecule has 5 aromatic rings. The van der Waals surface area contributed by atoms with E-state index in [-0.39, 0.29) is 35.4 Å². The summed E-state index contributed by atoms with van der Waals surface area (Å²) in [5, 5.41) is 6.95. The van der Waals surface area contributed by atoms with Gasteiger partial charge in [-0.25, -0.2) is 0 Å². The minimum absolute atomic E-state index is 0.212. The molecule has 2 N–H and O–H groups in total. The Balaban J connectivity index is 0.927. The number of hydrogen-bond acceptors (Lipinski definition) is 7. The fraction of sp³-hybridized carbons (Fsp3) is 0.268. The maximum absolute atomic E-state index is 13.3. The molecule has 3 heterocycles. The van der Waals surface area contributed by atoms with Gasteiger partial charge in [0.1, 0.15) is 11.5 Å². The van der Waals surface area contributed by atoms with E-state index in [1.165, 1.54) is 12.1 Å². The van der Waals surface area contributed by atoms with Gasteiger partial charge in [-0.1, -0.05) is 30.3 Å². The molecule has 0 bridgehead atoms. The molecule has 0 aliphatic carbocycles.